The number of fused-ring (bicyclic) bond motifs is 1. The zero-order valence-electron chi connectivity index (χ0n) is 19.5. The second-order valence-corrected chi connectivity index (χ2v) is 11.1. The zero-order chi connectivity index (χ0) is 20.6. The SMILES string of the molecule is CCCCCCCCCCCCCCCCCCSc1cc2cc[n+](C)cc2s1.[I-]. The zero-order valence-corrected chi connectivity index (χ0v) is 23.3. The number of hydrogen-bond donors (Lipinski definition) is 0. The van der Waals surface area contributed by atoms with Crippen molar-refractivity contribution in [1.29, 1.82) is 0 Å². The van der Waals surface area contributed by atoms with Gasteiger partial charge < -0.3 is 24.0 Å². The molecule has 4 heteroatoms. The van der Waals surface area contributed by atoms with E-state index in [4.69, 9.17) is 0 Å². The van der Waals surface area contributed by atoms with Crippen LogP contribution in [0.25, 0.3) is 10.1 Å². The molecule has 0 unspecified atom stereocenters. The Morgan fingerprint density at radius 1 is 0.767 bits per heavy atom. The molecule has 0 bridgehead atoms. The van der Waals surface area contributed by atoms with E-state index in [0.29, 0.717) is 0 Å². The third kappa shape index (κ3) is 12.9. The first kappa shape index (κ1) is 28.2. The number of thioether (sulfide) groups is 1. The fraction of sp³-hybridized carbons (Fsp3) is 0.731. The summed E-state index contributed by atoms with van der Waals surface area (Å²) in [7, 11) is 2.10. The van der Waals surface area contributed by atoms with Crippen LogP contribution in [-0.4, -0.2) is 5.75 Å². The van der Waals surface area contributed by atoms with E-state index in [-0.39, 0.29) is 24.0 Å². The third-order valence-corrected chi connectivity index (χ3v) is 8.20. The molecule has 2 heterocycles. The summed E-state index contributed by atoms with van der Waals surface area (Å²) in [6, 6.07) is 4.58. The topological polar surface area (TPSA) is 3.88 Å². The first-order valence-corrected chi connectivity index (χ1v) is 14.1. The van der Waals surface area contributed by atoms with Gasteiger partial charge in [0, 0.05) is 11.5 Å². The fourth-order valence-corrected chi connectivity index (χ4v) is 6.33. The van der Waals surface area contributed by atoms with Crippen molar-refractivity contribution < 1.29 is 28.5 Å². The van der Waals surface area contributed by atoms with Crippen molar-refractivity contribution in [2.24, 2.45) is 7.05 Å². The van der Waals surface area contributed by atoms with Crippen LogP contribution in [0, 0.1) is 0 Å². The van der Waals surface area contributed by atoms with Gasteiger partial charge in [-0.1, -0.05) is 103 Å². The molecule has 0 aliphatic carbocycles. The number of aromatic nitrogens is 1. The average Bonchev–Trinajstić information content (AvgIpc) is 3.12. The molecule has 2 aromatic rings. The molecule has 2 rings (SSSR count). The molecule has 0 aromatic carbocycles. The molecule has 0 amide bonds. The Labute approximate surface area is 211 Å². The average molecular weight is 562 g/mol. The lowest BCUT2D eigenvalue weighted by molar-refractivity contribution is -0.670. The molecule has 0 aliphatic heterocycles. The highest BCUT2D eigenvalue weighted by molar-refractivity contribution is 8.01. The van der Waals surface area contributed by atoms with Gasteiger partial charge in [0.15, 0.2) is 12.4 Å². The van der Waals surface area contributed by atoms with Crippen LogP contribution >= 0.6 is 23.1 Å². The van der Waals surface area contributed by atoms with Gasteiger partial charge in [0.2, 0.25) is 0 Å². The van der Waals surface area contributed by atoms with Crippen LogP contribution in [0.15, 0.2) is 28.7 Å². The van der Waals surface area contributed by atoms with Crippen LogP contribution in [0.2, 0.25) is 0 Å². The molecule has 2 aromatic heterocycles. The van der Waals surface area contributed by atoms with E-state index in [1.54, 1.807) is 0 Å². The van der Waals surface area contributed by atoms with Crippen LogP contribution in [0.4, 0.5) is 0 Å². The van der Waals surface area contributed by atoms with Crippen LogP contribution in [-0.2, 0) is 7.05 Å². The van der Waals surface area contributed by atoms with Gasteiger partial charge >= 0.3 is 0 Å². The van der Waals surface area contributed by atoms with Crippen molar-refractivity contribution in [1.82, 2.24) is 0 Å². The summed E-state index contributed by atoms with van der Waals surface area (Å²) in [4.78, 5) is 0. The van der Waals surface area contributed by atoms with Gasteiger partial charge in [-0.25, -0.2) is 4.57 Å². The fourth-order valence-electron chi connectivity index (χ4n) is 3.95. The van der Waals surface area contributed by atoms with Gasteiger partial charge in [-0.3, -0.25) is 0 Å². The lowest BCUT2D eigenvalue weighted by Gasteiger charge is -2.03. The lowest BCUT2D eigenvalue weighted by Crippen LogP contribution is -3.00. The Hall–Kier alpha value is 0.190. The van der Waals surface area contributed by atoms with Gasteiger partial charge in [0.05, 0.1) is 8.91 Å². The first-order valence-electron chi connectivity index (χ1n) is 12.3. The smallest absolute Gasteiger partial charge is 0.186 e. The van der Waals surface area contributed by atoms with E-state index in [2.05, 4.69) is 43.1 Å². The second-order valence-electron chi connectivity index (χ2n) is 8.65. The van der Waals surface area contributed by atoms with Gasteiger partial charge in [0.25, 0.3) is 0 Å². The third-order valence-electron chi connectivity index (χ3n) is 5.82. The first-order chi connectivity index (χ1) is 14.3. The maximum atomic E-state index is 2.36. The molecule has 0 N–H and O–H groups in total. The number of rotatable bonds is 18. The van der Waals surface area contributed by atoms with Gasteiger partial charge in [0.1, 0.15) is 7.05 Å². The van der Waals surface area contributed by atoms with E-state index in [9.17, 15) is 0 Å². The van der Waals surface area contributed by atoms with Crippen molar-refractivity contribution in [3.8, 4) is 0 Å². The number of aryl methyl sites for hydroxylation is 1. The summed E-state index contributed by atoms with van der Waals surface area (Å²) in [5, 5.41) is 1.39. The quantitative estimate of drug-likeness (QED) is 0.0923. The number of thiophene rings is 1. The second kappa shape index (κ2) is 18.7. The summed E-state index contributed by atoms with van der Waals surface area (Å²) in [6.45, 7) is 2.30. The highest BCUT2D eigenvalue weighted by atomic mass is 127. The molecular formula is C26H44INS2. The summed E-state index contributed by atoms with van der Waals surface area (Å²) in [6.07, 6.45) is 27.5. The largest absolute Gasteiger partial charge is 1.00 e. The normalized spacial score (nSPS) is 11.1. The number of nitrogens with zero attached hydrogens (tertiary/aromatic N) is 1. The molecule has 0 aliphatic rings. The summed E-state index contributed by atoms with van der Waals surface area (Å²) < 4.78 is 5.03. The predicted molar refractivity (Wildman–Crippen MR) is 133 cm³/mol. The molecule has 1 nitrogen and oxygen atoms in total. The van der Waals surface area contributed by atoms with Crippen molar-refractivity contribution in [3.63, 3.8) is 0 Å². The summed E-state index contributed by atoms with van der Waals surface area (Å²) in [5.41, 5.74) is 0. The lowest BCUT2D eigenvalue weighted by atomic mass is 10.0. The van der Waals surface area contributed by atoms with Crippen LogP contribution < -0.4 is 28.5 Å². The predicted octanol–water partition coefficient (Wildman–Crippen LogP) is 6.08. The number of pyridine rings is 1. The van der Waals surface area contributed by atoms with Crippen LogP contribution in [0.3, 0.4) is 0 Å². The molecule has 0 radical (unpaired) electrons. The monoisotopic (exact) mass is 561 g/mol. The highest BCUT2D eigenvalue weighted by Gasteiger charge is 2.05. The molecule has 0 spiro atoms. The Bertz CT molecular complexity index is 656. The Morgan fingerprint density at radius 2 is 1.27 bits per heavy atom. The molecule has 0 atom stereocenters. The minimum Gasteiger partial charge on any atom is -1.00 e. The standard InChI is InChI=1S/C26H44NS2.HI/c1-3-4-5-6-7-8-9-10-11-12-13-14-15-16-17-18-21-28-26-22-24-19-20-27(2)23-25(24)29-26;/h19-20,22-23H,3-18,21H2,1-2H3;1H/q+1;/p-1. The Morgan fingerprint density at radius 3 is 1.80 bits per heavy atom. The maximum Gasteiger partial charge on any atom is 0.186 e. The molecule has 0 saturated heterocycles. The summed E-state index contributed by atoms with van der Waals surface area (Å²) >= 11 is 3.99. The van der Waals surface area contributed by atoms with Crippen molar-refractivity contribution in [2.75, 3.05) is 5.75 Å². The molecule has 0 saturated carbocycles. The minimum atomic E-state index is 0. The van der Waals surface area contributed by atoms with Gasteiger partial charge in [-0.2, -0.15) is 0 Å². The van der Waals surface area contributed by atoms with E-state index in [0.717, 1.165) is 0 Å². The van der Waals surface area contributed by atoms with Crippen LogP contribution in [0.1, 0.15) is 110 Å². The highest BCUT2D eigenvalue weighted by Crippen LogP contribution is 2.32. The molecular weight excluding hydrogens is 517 g/mol. The van der Waals surface area contributed by atoms with Crippen molar-refractivity contribution >= 4 is 33.2 Å². The van der Waals surface area contributed by atoms with Crippen molar-refractivity contribution in [3.05, 3.63) is 24.5 Å². The Kier molecular flexibility index (Phi) is 17.6. The number of hydrogen-bond acceptors (Lipinski definition) is 2. The molecule has 172 valence electrons. The van der Waals surface area contributed by atoms with E-state index in [1.165, 1.54) is 123 Å². The van der Waals surface area contributed by atoms with Crippen molar-refractivity contribution in [2.45, 2.75) is 114 Å². The maximum absolute atomic E-state index is 2.36. The molecule has 30 heavy (non-hydrogen) atoms. The van der Waals surface area contributed by atoms with Gasteiger partial charge in [-0.05, 0) is 18.2 Å². The number of unbranched alkanes of at least 4 members (excludes halogenated alkanes) is 15. The number of halogens is 1. The van der Waals surface area contributed by atoms with E-state index >= 15 is 0 Å². The van der Waals surface area contributed by atoms with Crippen LogP contribution in [0.5, 0.6) is 0 Å². The molecule has 0 fully saturated rings. The Balaban J connectivity index is 0.00000450. The minimum absolute atomic E-state index is 0. The van der Waals surface area contributed by atoms with Gasteiger partial charge in [-0.15, -0.1) is 23.1 Å². The summed E-state index contributed by atoms with van der Waals surface area (Å²) in [5.74, 6) is 1.28. The van der Waals surface area contributed by atoms with E-state index in [1.807, 2.05) is 23.1 Å². The van der Waals surface area contributed by atoms with E-state index < -0.39 is 0 Å².